The van der Waals surface area contributed by atoms with Gasteiger partial charge in [0, 0.05) is 15.3 Å². The first-order valence-corrected chi connectivity index (χ1v) is 8.60. The van der Waals surface area contributed by atoms with Crippen molar-refractivity contribution >= 4 is 26.7 Å². The molecule has 0 bridgehead atoms. The standard InChI is InChI=1S/C18H14BrOS/c1-13-9-11-14(12-10-13)21(20)18-8-4-6-16(18)15-5-2-3-7-17(15)19/h2-12H,1H3/t21-/m1/s1. The third-order valence-electron chi connectivity index (χ3n) is 3.37. The molecule has 0 aliphatic heterocycles. The van der Waals surface area contributed by atoms with E-state index < -0.39 is 10.8 Å². The summed E-state index contributed by atoms with van der Waals surface area (Å²) in [7, 11) is -1.17. The minimum Gasteiger partial charge on any atom is -0.254 e. The average molecular weight is 358 g/mol. The van der Waals surface area contributed by atoms with Gasteiger partial charge in [0.2, 0.25) is 0 Å². The van der Waals surface area contributed by atoms with Crippen LogP contribution in [0.2, 0.25) is 0 Å². The molecule has 0 saturated heterocycles. The zero-order valence-corrected chi connectivity index (χ0v) is 13.9. The van der Waals surface area contributed by atoms with E-state index in [4.69, 9.17) is 0 Å². The molecular weight excluding hydrogens is 344 g/mol. The Hall–Kier alpha value is -0.930. The van der Waals surface area contributed by atoms with E-state index in [0.29, 0.717) is 0 Å². The van der Waals surface area contributed by atoms with E-state index in [1.807, 2.05) is 74.7 Å². The van der Waals surface area contributed by atoms with Gasteiger partial charge in [-0.3, -0.25) is 4.21 Å². The van der Waals surface area contributed by atoms with Crippen LogP contribution >= 0.6 is 15.9 Å². The van der Waals surface area contributed by atoms with E-state index >= 15 is 0 Å². The number of hydrogen-bond donors (Lipinski definition) is 0. The molecule has 0 unspecified atom stereocenters. The minimum atomic E-state index is -1.17. The molecule has 1 saturated carbocycles. The van der Waals surface area contributed by atoms with Gasteiger partial charge in [0.15, 0.2) is 0 Å². The molecule has 3 rings (SSSR count). The molecule has 1 fully saturated rings. The molecule has 0 amide bonds. The Balaban J connectivity index is 1.89. The van der Waals surface area contributed by atoms with Crippen molar-refractivity contribution in [2.24, 2.45) is 0 Å². The fourth-order valence-corrected chi connectivity index (χ4v) is 3.97. The fraction of sp³-hybridized carbons (Fsp3) is 0.0556. The smallest absolute Gasteiger partial charge is 0.0835 e. The summed E-state index contributed by atoms with van der Waals surface area (Å²) in [6, 6.07) is 15.9. The maximum absolute atomic E-state index is 12.8. The predicted molar refractivity (Wildman–Crippen MR) is 90.2 cm³/mol. The van der Waals surface area contributed by atoms with Crippen LogP contribution in [0, 0.1) is 37.4 Å². The van der Waals surface area contributed by atoms with E-state index in [0.717, 1.165) is 26.1 Å². The van der Waals surface area contributed by atoms with Gasteiger partial charge in [0.05, 0.1) is 16.0 Å². The van der Waals surface area contributed by atoms with Gasteiger partial charge >= 0.3 is 0 Å². The SMILES string of the molecule is Cc1ccc([S@@](=O)[C]2[CH][CH][CH][C]2c2ccccc2Br)cc1. The highest BCUT2D eigenvalue weighted by atomic mass is 79.9. The number of benzene rings is 2. The first-order valence-electron chi connectivity index (χ1n) is 6.66. The van der Waals surface area contributed by atoms with Crippen molar-refractivity contribution in [2.45, 2.75) is 11.8 Å². The van der Waals surface area contributed by atoms with Crippen molar-refractivity contribution in [3.63, 3.8) is 0 Å². The van der Waals surface area contributed by atoms with E-state index in [9.17, 15) is 4.21 Å². The summed E-state index contributed by atoms with van der Waals surface area (Å²) in [6.07, 6.45) is 5.91. The first kappa shape index (κ1) is 15.0. The average Bonchev–Trinajstić information content (AvgIpc) is 2.97. The van der Waals surface area contributed by atoms with Crippen LogP contribution in [0.3, 0.4) is 0 Å². The Labute approximate surface area is 137 Å². The normalized spacial score (nSPS) is 18.0. The maximum atomic E-state index is 12.8. The van der Waals surface area contributed by atoms with Crippen LogP contribution in [-0.2, 0) is 10.8 Å². The molecule has 1 atom stereocenters. The van der Waals surface area contributed by atoms with Crippen LogP contribution < -0.4 is 0 Å². The molecule has 3 heteroatoms. The van der Waals surface area contributed by atoms with Gasteiger partial charge in [-0.2, -0.15) is 0 Å². The second-order valence-electron chi connectivity index (χ2n) is 4.87. The monoisotopic (exact) mass is 357 g/mol. The summed E-state index contributed by atoms with van der Waals surface area (Å²) in [5, 5.41) is 0.853. The number of hydrogen-bond acceptors (Lipinski definition) is 1. The topological polar surface area (TPSA) is 17.1 Å². The van der Waals surface area contributed by atoms with Crippen LogP contribution in [-0.4, -0.2) is 4.21 Å². The molecule has 0 aromatic heterocycles. The summed E-state index contributed by atoms with van der Waals surface area (Å²) < 4.78 is 13.8. The lowest BCUT2D eigenvalue weighted by molar-refractivity contribution is 0.684. The summed E-state index contributed by atoms with van der Waals surface area (Å²) in [5.74, 6) is 1.02. The molecular formula is C18H14BrOS. The van der Waals surface area contributed by atoms with Gasteiger partial charge < -0.3 is 0 Å². The highest BCUT2D eigenvalue weighted by Crippen LogP contribution is 2.44. The Morgan fingerprint density at radius 2 is 1.67 bits per heavy atom. The second-order valence-corrected chi connectivity index (χ2v) is 7.17. The molecule has 2 aromatic carbocycles. The third kappa shape index (κ3) is 3.14. The molecule has 0 spiro atoms. The van der Waals surface area contributed by atoms with Crippen molar-refractivity contribution in [3.8, 4) is 0 Å². The largest absolute Gasteiger partial charge is 0.254 e. The fourth-order valence-electron chi connectivity index (χ4n) is 2.26. The molecule has 0 heterocycles. The Morgan fingerprint density at radius 3 is 2.38 bits per heavy atom. The zero-order chi connectivity index (χ0) is 14.8. The van der Waals surface area contributed by atoms with E-state index in [1.54, 1.807) is 0 Å². The van der Waals surface area contributed by atoms with Crippen molar-refractivity contribution < 1.29 is 4.21 Å². The van der Waals surface area contributed by atoms with E-state index in [2.05, 4.69) is 15.9 Å². The highest BCUT2D eigenvalue weighted by molar-refractivity contribution is 9.10. The molecule has 1 aliphatic rings. The number of halogens is 1. The maximum Gasteiger partial charge on any atom is 0.0835 e. The second kappa shape index (κ2) is 6.45. The molecule has 2 aromatic rings. The van der Waals surface area contributed by atoms with Gasteiger partial charge in [-0.25, -0.2) is 0 Å². The Bertz CT molecular complexity index is 651. The van der Waals surface area contributed by atoms with Crippen LogP contribution in [0.4, 0.5) is 0 Å². The lowest BCUT2D eigenvalue weighted by Gasteiger charge is -2.19. The van der Waals surface area contributed by atoms with Crippen LogP contribution in [0.1, 0.15) is 11.1 Å². The third-order valence-corrected chi connectivity index (χ3v) is 5.52. The van der Waals surface area contributed by atoms with Gasteiger partial charge in [-0.05, 0) is 49.9 Å². The summed E-state index contributed by atoms with van der Waals surface area (Å²) in [5.41, 5.74) is 2.24. The van der Waals surface area contributed by atoms with Gasteiger partial charge in [0.1, 0.15) is 0 Å². The van der Waals surface area contributed by atoms with Gasteiger partial charge in [0.25, 0.3) is 0 Å². The molecule has 1 aliphatic carbocycles. The van der Waals surface area contributed by atoms with Crippen molar-refractivity contribution in [1.29, 1.82) is 0 Å². The predicted octanol–water partition coefficient (Wildman–Crippen LogP) is 4.65. The Morgan fingerprint density at radius 1 is 0.952 bits per heavy atom. The van der Waals surface area contributed by atoms with Crippen molar-refractivity contribution in [3.05, 3.63) is 94.6 Å². The summed E-state index contributed by atoms with van der Waals surface area (Å²) in [6.45, 7) is 2.03. The van der Waals surface area contributed by atoms with Crippen molar-refractivity contribution in [1.82, 2.24) is 0 Å². The highest BCUT2D eigenvalue weighted by Gasteiger charge is 2.36. The summed E-state index contributed by atoms with van der Waals surface area (Å²) in [4.78, 5) is 0.833. The van der Waals surface area contributed by atoms with Gasteiger partial charge in [-0.15, -0.1) is 0 Å². The van der Waals surface area contributed by atoms with Crippen LogP contribution in [0.15, 0.2) is 57.9 Å². The quantitative estimate of drug-likeness (QED) is 0.781. The molecule has 105 valence electrons. The summed E-state index contributed by atoms with van der Waals surface area (Å²) >= 11 is 3.57. The molecule has 0 N–H and O–H groups in total. The first-order chi connectivity index (χ1) is 10.2. The van der Waals surface area contributed by atoms with Gasteiger partial charge in [-0.1, -0.05) is 51.8 Å². The number of rotatable bonds is 3. The molecule has 5 radical (unpaired) electrons. The van der Waals surface area contributed by atoms with E-state index in [-0.39, 0.29) is 0 Å². The Kier molecular flexibility index (Phi) is 4.60. The lowest BCUT2D eigenvalue weighted by Crippen LogP contribution is -2.12. The molecule has 21 heavy (non-hydrogen) atoms. The molecule has 1 nitrogen and oxygen atoms in total. The van der Waals surface area contributed by atoms with Crippen LogP contribution in [0.5, 0.6) is 0 Å². The van der Waals surface area contributed by atoms with Crippen molar-refractivity contribution in [2.75, 3.05) is 0 Å². The lowest BCUT2D eigenvalue weighted by atomic mass is 9.97. The zero-order valence-electron chi connectivity index (χ0n) is 11.5. The minimum absolute atomic E-state index is 0.833. The van der Waals surface area contributed by atoms with Crippen LogP contribution in [0.25, 0.3) is 0 Å². The van der Waals surface area contributed by atoms with E-state index in [1.165, 1.54) is 5.56 Å². The number of aryl methyl sites for hydroxylation is 1.